The van der Waals surface area contributed by atoms with Gasteiger partial charge in [-0.1, -0.05) is 26.0 Å². The zero-order valence-electron chi connectivity index (χ0n) is 19.6. The van der Waals surface area contributed by atoms with Crippen LogP contribution in [0.5, 0.6) is 0 Å². The molecule has 2 amide bonds. The zero-order valence-corrected chi connectivity index (χ0v) is 19.6. The fraction of sp³-hybridized carbons (Fsp3) is 0.542. The molecule has 0 bridgehead atoms. The van der Waals surface area contributed by atoms with Crippen molar-refractivity contribution in [2.45, 2.75) is 53.2 Å². The van der Waals surface area contributed by atoms with E-state index >= 15 is 0 Å². The van der Waals surface area contributed by atoms with Crippen LogP contribution in [0.4, 0.5) is 5.69 Å². The summed E-state index contributed by atoms with van der Waals surface area (Å²) in [4.78, 5) is 26.4. The van der Waals surface area contributed by atoms with Gasteiger partial charge in [-0.2, -0.15) is 5.10 Å². The molecule has 1 aliphatic rings. The molecule has 8 nitrogen and oxygen atoms in total. The SMILES string of the molecule is COCCNC(=O)c1nn(CCC(C)C)c2c1CN(Cc1ccc(NC(C)=O)cc1)CC2. The summed E-state index contributed by atoms with van der Waals surface area (Å²) in [7, 11) is 1.62. The van der Waals surface area contributed by atoms with Crippen LogP contribution >= 0.6 is 0 Å². The highest BCUT2D eigenvalue weighted by molar-refractivity contribution is 5.94. The van der Waals surface area contributed by atoms with Crippen molar-refractivity contribution in [1.82, 2.24) is 20.0 Å². The van der Waals surface area contributed by atoms with E-state index in [1.54, 1.807) is 7.11 Å². The summed E-state index contributed by atoms with van der Waals surface area (Å²) in [6, 6.07) is 7.91. The molecule has 174 valence electrons. The molecule has 0 atom stereocenters. The number of hydrogen-bond donors (Lipinski definition) is 2. The Morgan fingerprint density at radius 3 is 2.62 bits per heavy atom. The topological polar surface area (TPSA) is 88.5 Å². The molecular weight excluding hydrogens is 406 g/mol. The number of aryl methyl sites for hydroxylation is 1. The first-order valence-corrected chi connectivity index (χ1v) is 11.3. The number of fused-ring (bicyclic) bond motifs is 1. The Morgan fingerprint density at radius 2 is 1.97 bits per heavy atom. The van der Waals surface area contributed by atoms with Crippen LogP contribution < -0.4 is 10.6 Å². The number of ether oxygens (including phenoxy) is 1. The molecule has 2 heterocycles. The number of aromatic nitrogens is 2. The second-order valence-electron chi connectivity index (χ2n) is 8.77. The second-order valence-corrected chi connectivity index (χ2v) is 8.77. The van der Waals surface area contributed by atoms with Crippen LogP contribution in [0.15, 0.2) is 24.3 Å². The van der Waals surface area contributed by atoms with E-state index in [0.29, 0.717) is 31.3 Å². The summed E-state index contributed by atoms with van der Waals surface area (Å²) < 4.78 is 7.09. The minimum Gasteiger partial charge on any atom is -0.383 e. The number of hydrogen-bond acceptors (Lipinski definition) is 5. The normalized spacial score (nSPS) is 13.8. The Kier molecular flexibility index (Phi) is 8.41. The van der Waals surface area contributed by atoms with E-state index in [9.17, 15) is 9.59 Å². The van der Waals surface area contributed by atoms with E-state index in [4.69, 9.17) is 9.84 Å². The third-order valence-electron chi connectivity index (χ3n) is 5.62. The smallest absolute Gasteiger partial charge is 0.272 e. The third kappa shape index (κ3) is 6.40. The molecule has 0 spiro atoms. The molecule has 0 fully saturated rings. The maximum absolute atomic E-state index is 12.8. The van der Waals surface area contributed by atoms with Gasteiger partial charge in [0.25, 0.3) is 5.91 Å². The first-order valence-electron chi connectivity index (χ1n) is 11.3. The van der Waals surface area contributed by atoms with Crippen LogP contribution in [0.25, 0.3) is 0 Å². The number of carbonyl (C=O) groups excluding carboxylic acids is 2. The van der Waals surface area contributed by atoms with Gasteiger partial charge < -0.3 is 15.4 Å². The lowest BCUT2D eigenvalue weighted by Crippen LogP contribution is -2.33. The third-order valence-corrected chi connectivity index (χ3v) is 5.62. The monoisotopic (exact) mass is 441 g/mol. The van der Waals surface area contributed by atoms with Gasteiger partial charge in [0, 0.05) is 70.1 Å². The van der Waals surface area contributed by atoms with Gasteiger partial charge in [-0.3, -0.25) is 19.2 Å². The molecule has 3 rings (SSSR count). The van der Waals surface area contributed by atoms with E-state index in [1.165, 1.54) is 18.2 Å². The van der Waals surface area contributed by atoms with Gasteiger partial charge in [0.1, 0.15) is 0 Å². The van der Waals surface area contributed by atoms with E-state index in [2.05, 4.69) is 29.4 Å². The number of methoxy groups -OCH3 is 1. The Bertz CT molecular complexity index is 920. The first-order chi connectivity index (χ1) is 15.4. The zero-order chi connectivity index (χ0) is 23.1. The second kappa shape index (κ2) is 11.2. The van der Waals surface area contributed by atoms with Crippen LogP contribution in [-0.4, -0.2) is 53.3 Å². The van der Waals surface area contributed by atoms with Gasteiger partial charge >= 0.3 is 0 Å². The number of nitrogens with zero attached hydrogens (tertiary/aromatic N) is 3. The van der Waals surface area contributed by atoms with Crippen LogP contribution in [0, 0.1) is 5.92 Å². The summed E-state index contributed by atoms with van der Waals surface area (Å²) in [6.45, 7) is 10.1. The van der Waals surface area contributed by atoms with Crippen molar-refractivity contribution in [3.8, 4) is 0 Å². The minimum atomic E-state index is -0.136. The molecule has 1 aromatic carbocycles. The summed E-state index contributed by atoms with van der Waals surface area (Å²) in [6.07, 6.45) is 1.90. The lowest BCUT2D eigenvalue weighted by Gasteiger charge is -2.28. The molecule has 0 saturated carbocycles. The summed E-state index contributed by atoms with van der Waals surface area (Å²) in [5.74, 6) is 0.365. The number of rotatable bonds is 10. The fourth-order valence-electron chi connectivity index (χ4n) is 3.93. The number of carbonyl (C=O) groups is 2. The predicted molar refractivity (Wildman–Crippen MR) is 124 cm³/mol. The molecule has 0 unspecified atom stereocenters. The van der Waals surface area contributed by atoms with E-state index < -0.39 is 0 Å². The van der Waals surface area contributed by atoms with Gasteiger partial charge in [0.2, 0.25) is 5.91 Å². The van der Waals surface area contributed by atoms with Gasteiger partial charge in [-0.05, 0) is 30.0 Å². The minimum absolute atomic E-state index is 0.0768. The highest BCUT2D eigenvalue weighted by Crippen LogP contribution is 2.25. The van der Waals surface area contributed by atoms with Crippen molar-refractivity contribution in [2.24, 2.45) is 5.92 Å². The van der Waals surface area contributed by atoms with Gasteiger partial charge in [-0.15, -0.1) is 0 Å². The molecule has 0 radical (unpaired) electrons. The van der Waals surface area contributed by atoms with Crippen LogP contribution in [0.3, 0.4) is 0 Å². The lowest BCUT2D eigenvalue weighted by atomic mass is 10.0. The lowest BCUT2D eigenvalue weighted by molar-refractivity contribution is -0.114. The van der Waals surface area contributed by atoms with Crippen molar-refractivity contribution in [2.75, 3.05) is 32.1 Å². The maximum Gasteiger partial charge on any atom is 0.272 e. The Morgan fingerprint density at radius 1 is 1.22 bits per heavy atom. The average molecular weight is 442 g/mol. The van der Waals surface area contributed by atoms with E-state index in [-0.39, 0.29) is 11.8 Å². The van der Waals surface area contributed by atoms with E-state index in [0.717, 1.165) is 43.7 Å². The molecule has 0 saturated heterocycles. The molecule has 2 N–H and O–H groups in total. The Hall–Kier alpha value is -2.71. The summed E-state index contributed by atoms with van der Waals surface area (Å²) in [5, 5.41) is 10.4. The van der Waals surface area contributed by atoms with Gasteiger partial charge in [0.05, 0.1) is 6.61 Å². The molecule has 0 aliphatic carbocycles. The van der Waals surface area contributed by atoms with Crippen molar-refractivity contribution in [3.05, 3.63) is 46.8 Å². The quantitative estimate of drug-likeness (QED) is 0.554. The maximum atomic E-state index is 12.8. The average Bonchev–Trinajstić information content (AvgIpc) is 3.11. The molecule has 8 heteroatoms. The van der Waals surface area contributed by atoms with Crippen LogP contribution in [0.2, 0.25) is 0 Å². The van der Waals surface area contributed by atoms with Gasteiger partial charge in [-0.25, -0.2) is 0 Å². The fourth-order valence-corrected chi connectivity index (χ4v) is 3.93. The standard InChI is InChI=1S/C24H35N5O3/c1-17(2)9-13-29-22-10-12-28(15-19-5-7-20(8-6-19)26-18(3)30)16-21(22)23(27-29)24(31)25-11-14-32-4/h5-8,17H,9-16H2,1-4H3,(H,25,31)(H,26,30). The molecule has 1 aliphatic heterocycles. The first kappa shape index (κ1) is 23.9. The molecule has 2 aromatic rings. The number of amides is 2. The highest BCUT2D eigenvalue weighted by atomic mass is 16.5. The molecular formula is C24H35N5O3. The number of benzene rings is 1. The largest absolute Gasteiger partial charge is 0.383 e. The number of anilines is 1. The Labute approximate surface area is 190 Å². The van der Waals surface area contributed by atoms with E-state index in [1.807, 2.05) is 28.9 Å². The predicted octanol–water partition coefficient (Wildman–Crippen LogP) is 2.82. The van der Waals surface area contributed by atoms with Crippen LogP contribution in [0.1, 0.15) is 54.5 Å². The summed E-state index contributed by atoms with van der Waals surface area (Å²) >= 11 is 0. The van der Waals surface area contributed by atoms with Gasteiger partial charge in [0.15, 0.2) is 5.69 Å². The van der Waals surface area contributed by atoms with Crippen LogP contribution in [-0.2, 0) is 35.6 Å². The van der Waals surface area contributed by atoms with Crippen molar-refractivity contribution in [3.63, 3.8) is 0 Å². The van der Waals surface area contributed by atoms with Crippen molar-refractivity contribution >= 4 is 17.5 Å². The number of nitrogens with one attached hydrogen (secondary N) is 2. The molecule has 32 heavy (non-hydrogen) atoms. The van der Waals surface area contributed by atoms with Crippen molar-refractivity contribution < 1.29 is 14.3 Å². The highest BCUT2D eigenvalue weighted by Gasteiger charge is 2.28. The molecule has 1 aromatic heterocycles. The van der Waals surface area contributed by atoms with Crippen molar-refractivity contribution in [1.29, 1.82) is 0 Å². The Balaban J connectivity index is 1.74. The summed E-state index contributed by atoms with van der Waals surface area (Å²) in [5.41, 5.74) is 4.71.